The fourth-order valence-electron chi connectivity index (χ4n) is 2.81. The van der Waals surface area contributed by atoms with Crippen molar-refractivity contribution in [2.75, 3.05) is 6.54 Å². The zero-order valence-electron chi connectivity index (χ0n) is 17.6. The van der Waals surface area contributed by atoms with Gasteiger partial charge in [-0.2, -0.15) is 0 Å². The van der Waals surface area contributed by atoms with Gasteiger partial charge >= 0.3 is 0 Å². The zero-order valence-corrected chi connectivity index (χ0v) is 19.9. The number of halogens is 1. The van der Waals surface area contributed by atoms with Crippen LogP contribution in [0.1, 0.15) is 51.9 Å². The van der Waals surface area contributed by atoms with Crippen LogP contribution >= 0.6 is 24.0 Å². The number of nitrogens with zero attached hydrogens (tertiary/aromatic N) is 4. The van der Waals surface area contributed by atoms with Crippen LogP contribution in [0.5, 0.6) is 0 Å². The Bertz CT molecular complexity index is 685. The predicted octanol–water partition coefficient (Wildman–Crippen LogP) is 3.81. The molecule has 28 heavy (non-hydrogen) atoms. The molecule has 0 aliphatic carbocycles. The maximum Gasteiger partial charge on any atom is 0.191 e. The van der Waals surface area contributed by atoms with E-state index in [-0.39, 0.29) is 24.0 Å². The molecule has 1 aromatic heterocycles. The van der Waals surface area contributed by atoms with E-state index in [9.17, 15) is 0 Å². The van der Waals surface area contributed by atoms with Crippen LogP contribution in [0.3, 0.4) is 0 Å². The van der Waals surface area contributed by atoms with E-state index in [4.69, 9.17) is 4.99 Å². The summed E-state index contributed by atoms with van der Waals surface area (Å²) < 4.78 is 2.07. The van der Waals surface area contributed by atoms with Crippen molar-refractivity contribution >= 4 is 29.9 Å². The summed E-state index contributed by atoms with van der Waals surface area (Å²) in [4.78, 5) is 4.77. The fourth-order valence-corrected chi connectivity index (χ4v) is 2.81. The molecule has 1 heterocycles. The van der Waals surface area contributed by atoms with Gasteiger partial charge in [0.1, 0.15) is 12.2 Å². The molecule has 0 radical (unpaired) electrons. The highest BCUT2D eigenvalue weighted by molar-refractivity contribution is 14.0. The summed E-state index contributed by atoms with van der Waals surface area (Å²) in [6.45, 7) is 10.2. The van der Waals surface area contributed by atoms with Crippen LogP contribution in [0.15, 0.2) is 41.7 Å². The molecule has 2 rings (SSSR count). The smallest absolute Gasteiger partial charge is 0.191 e. The van der Waals surface area contributed by atoms with Crippen LogP contribution in [-0.4, -0.2) is 39.4 Å². The second kappa shape index (κ2) is 13.5. The van der Waals surface area contributed by atoms with E-state index in [2.05, 4.69) is 83.4 Å². The number of benzene rings is 1. The second-order valence-electron chi connectivity index (χ2n) is 7.05. The molecule has 0 fully saturated rings. The summed E-state index contributed by atoms with van der Waals surface area (Å²) in [6.07, 6.45) is 5.86. The van der Waals surface area contributed by atoms with E-state index < -0.39 is 0 Å². The van der Waals surface area contributed by atoms with Gasteiger partial charge < -0.3 is 15.2 Å². The van der Waals surface area contributed by atoms with Gasteiger partial charge in [0.15, 0.2) is 5.96 Å². The molecule has 2 atom stereocenters. The monoisotopic (exact) mass is 498 g/mol. The average molecular weight is 498 g/mol. The summed E-state index contributed by atoms with van der Waals surface area (Å²) in [7, 11) is 0. The zero-order chi connectivity index (χ0) is 19.5. The Kier molecular flexibility index (Phi) is 11.8. The highest BCUT2D eigenvalue weighted by Crippen LogP contribution is 2.05. The molecule has 2 aromatic rings. The standard InChI is InChI=1S/C21H34N6.HI/c1-5-17(3)24-21(22-14-15-27-16-23-26-20(27)6-2)25-18(4)12-13-19-10-8-7-9-11-19;/h7-11,16-18H,5-6,12-15H2,1-4H3,(H2,22,24,25);1H. The van der Waals surface area contributed by atoms with Crippen molar-refractivity contribution in [2.45, 2.75) is 72.0 Å². The van der Waals surface area contributed by atoms with Gasteiger partial charge in [0, 0.05) is 25.0 Å². The third kappa shape index (κ3) is 8.58. The van der Waals surface area contributed by atoms with Crippen LogP contribution < -0.4 is 10.6 Å². The number of aromatic nitrogens is 3. The lowest BCUT2D eigenvalue weighted by molar-refractivity contribution is 0.564. The molecule has 156 valence electrons. The first kappa shape index (κ1) is 24.4. The lowest BCUT2D eigenvalue weighted by Crippen LogP contribution is -2.46. The summed E-state index contributed by atoms with van der Waals surface area (Å²) in [6, 6.07) is 11.4. The first-order valence-electron chi connectivity index (χ1n) is 10.1. The number of aryl methyl sites for hydroxylation is 2. The van der Waals surface area contributed by atoms with Crippen molar-refractivity contribution in [2.24, 2.45) is 4.99 Å². The van der Waals surface area contributed by atoms with Gasteiger partial charge in [0.05, 0.1) is 6.54 Å². The van der Waals surface area contributed by atoms with Gasteiger partial charge in [0.25, 0.3) is 0 Å². The molecule has 0 spiro atoms. The van der Waals surface area contributed by atoms with Crippen LogP contribution in [0, 0.1) is 0 Å². The molecular formula is C21H35IN6. The van der Waals surface area contributed by atoms with E-state index in [0.717, 1.165) is 44.0 Å². The molecule has 2 unspecified atom stereocenters. The number of guanidine groups is 1. The number of rotatable bonds is 10. The maximum absolute atomic E-state index is 4.77. The van der Waals surface area contributed by atoms with Gasteiger partial charge in [0.2, 0.25) is 0 Å². The minimum atomic E-state index is 0. The van der Waals surface area contributed by atoms with Crippen molar-refractivity contribution in [1.29, 1.82) is 0 Å². The molecule has 1 aromatic carbocycles. The predicted molar refractivity (Wildman–Crippen MR) is 127 cm³/mol. The summed E-state index contributed by atoms with van der Waals surface area (Å²) in [5, 5.41) is 15.2. The van der Waals surface area contributed by atoms with Crippen molar-refractivity contribution in [1.82, 2.24) is 25.4 Å². The Balaban J connectivity index is 0.00000392. The Morgan fingerprint density at radius 3 is 2.50 bits per heavy atom. The van der Waals surface area contributed by atoms with E-state index in [1.54, 1.807) is 6.33 Å². The third-order valence-corrected chi connectivity index (χ3v) is 4.71. The van der Waals surface area contributed by atoms with Gasteiger partial charge in [-0.3, -0.25) is 4.99 Å². The highest BCUT2D eigenvalue weighted by atomic mass is 127. The first-order valence-corrected chi connectivity index (χ1v) is 10.1. The molecule has 0 aliphatic rings. The second-order valence-corrected chi connectivity index (χ2v) is 7.05. The maximum atomic E-state index is 4.77. The number of hydrogen-bond donors (Lipinski definition) is 2. The van der Waals surface area contributed by atoms with Crippen molar-refractivity contribution in [3.63, 3.8) is 0 Å². The SMILES string of the molecule is CCc1nncn1CCN=C(NC(C)CC)NC(C)CCc1ccccc1.I. The summed E-state index contributed by atoms with van der Waals surface area (Å²) in [5.41, 5.74) is 1.37. The molecule has 0 saturated carbocycles. The van der Waals surface area contributed by atoms with Crippen molar-refractivity contribution in [3.05, 3.63) is 48.0 Å². The topological polar surface area (TPSA) is 67.1 Å². The molecule has 0 amide bonds. The highest BCUT2D eigenvalue weighted by Gasteiger charge is 2.09. The lowest BCUT2D eigenvalue weighted by Gasteiger charge is -2.21. The molecule has 7 heteroatoms. The average Bonchev–Trinajstić information content (AvgIpc) is 3.14. The fraction of sp³-hybridized carbons (Fsp3) is 0.571. The van der Waals surface area contributed by atoms with Crippen LogP contribution in [0.25, 0.3) is 0 Å². The molecule has 0 saturated heterocycles. The molecule has 0 bridgehead atoms. The normalized spacial score (nSPS) is 13.5. The Hall–Kier alpha value is -1.64. The number of aliphatic imine (C=N–C) groups is 1. The van der Waals surface area contributed by atoms with Crippen molar-refractivity contribution < 1.29 is 0 Å². The molecule has 6 nitrogen and oxygen atoms in total. The van der Waals surface area contributed by atoms with Crippen LogP contribution in [-0.2, 0) is 19.4 Å². The van der Waals surface area contributed by atoms with Crippen LogP contribution in [0.4, 0.5) is 0 Å². The minimum Gasteiger partial charge on any atom is -0.354 e. The largest absolute Gasteiger partial charge is 0.354 e. The van der Waals surface area contributed by atoms with Gasteiger partial charge in [-0.25, -0.2) is 0 Å². The Morgan fingerprint density at radius 1 is 1.11 bits per heavy atom. The van der Waals surface area contributed by atoms with Gasteiger partial charge in [-0.05, 0) is 38.7 Å². The van der Waals surface area contributed by atoms with E-state index in [1.807, 2.05) is 0 Å². The number of hydrogen-bond acceptors (Lipinski definition) is 3. The number of nitrogens with one attached hydrogen (secondary N) is 2. The third-order valence-electron chi connectivity index (χ3n) is 4.71. The first-order chi connectivity index (χ1) is 13.1. The summed E-state index contributed by atoms with van der Waals surface area (Å²) >= 11 is 0. The molecular weight excluding hydrogens is 463 g/mol. The molecule has 2 N–H and O–H groups in total. The van der Waals surface area contributed by atoms with Gasteiger partial charge in [-0.15, -0.1) is 34.2 Å². The minimum absolute atomic E-state index is 0. The Labute approximate surface area is 186 Å². The van der Waals surface area contributed by atoms with Crippen molar-refractivity contribution in [3.8, 4) is 0 Å². The molecule has 0 aliphatic heterocycles. The van der Waals surface area contributed by atoms with E-state index >= 15 is 0 Å². The van der Waals surface area contributed by atoms with E-state index in [0.29, 0.717) is 18.6 Å². The summed E-state index contributed by atoms with van der Waals surface area (Å²) in [5.74, 6) is 1.89. The van der Waals surface area contributed by atoms with Crippen LogP contribution in [0.2, 0.25) is 0 Å². The van der Waals surface area contributed by atoms with Gasteiger partial charge in [-0.1, -0.05) is 44.2 Å². The van der Waals surface area contributed by atoms with E-state index in [1.165, 1.54) is 5.56 Å². The lowest BCUT2D eigenvalue weighted by atomic mass is 10.1. The Morgan fingerprint density at radius 2 is 1.82 bits per heavy atom. The quantitative estimate of drug-likeness (QED) is 0.297.